The van der Waals surface area contributed by atoms with Crippen LogP contribution in [0.2, 0.25) is 0 Å². The average Bonchev–Trinajstić information content (AvgIpc) is 3.20. The first-order valence-corrected chi connectivity index (χ1v) is 25.1. The molecule has 5 nitrogen and oxygen atoms in total. The molecule has 0 bridgehead atoms. The van der Waals surface area contributed by atoms with Crippen molar-refractivity contribution in [3.8, 4) is 0 Å². The molecule has 0 aromatic heterocycles. The summed E-state index contributed by atoms with van der Waals surface area (Å²) < 4.78 is 0. The van der Waals surface area contributed by atoms with E-state index in [2.05, 4.69) is 43.5 Å². The van der Waals surface area contributed by atoms with Crippen LogP contribution >= 0.6 is 0 Å². The van der Waals surface area contributed by atoms with Gasteiger partial charge in [-0.25, -0.2) is 0 Å². The van der Waals surface area contributed by atoms with Crippen molar-refractivity contribution in [1.82, 2.24) is 5.32 Å². The fraction of sp³-hybridized carbons (Fsp3) is 0.902. The molecule has 0 aliphatic rings. The third-order valence-electron chi connectivity index (χ3n) is 11.8. The maximum absolute atomic E-state index is 12.5. The lowest BCUT2D eigenvalue weighted by atomic mass is 10.0. The molecule has 0 aliphatic carbocycles. The zero-order chi connectivity index (χ0) is 40.8. The Bertz CT molecular complexity index is 829. The third kappa shape index (κ3) is 41.0. The normalized spacial score (nSPS) is 13.6. The molecule has 5 heteroatoms. The highest BCUT2D eigenvalue weighted by Crippen LogP contribution is 2.16. The Morgan fingerprint density at radius 1 is 0.429 bits per heavy atom. The molecule has 0 rings (SSSR count). The van der Waals surface area contributed by atoms with Crippen LogP contribution in [0, 0.1) is 0 Å². The van der Waals surface area contributed by atoms with E-state index in [9.17, 15) is 20.1 Å². The van der Waals surface area contributed by atoms with Crippen LogP contribution in [0.1, 0.15) is 271 Å². The van der Waals surface area contributed by atoms with Gasteiger partial charge in [-0.05, 0) is 64.2 Å². The van der Waals surface area contributed by atoms with Gasteiger partial charge in [-0.15, -0.1) is 0 Å². The number of hydrogen-bond donors (Lipinski definition) is 4. The van der Waals surface area contributed by atoms with E-state index in [1.807, 2.05) is 0 Å². The Kier molecular flexibility index (Phi) is 45.5. The summed E-state index contributed by atoms with van der Waals surface area (Å²) in [5.41, 5.74) is 0. The van der Waals surface area contributed by atoms with Crippen LogP contribution in [-0.4, -0.2) is 46.1 Å². The lowest BCUT2D eigenvalue weighted by Crippen LogP contribution is -2.50. The van der Waals surface area contributed by atoms with Gasteiger partial charge in [0.15, 0.2) is 0 Å². The fourth-order valence-corrected chi connectivity index (χ4v) is 7.86. The van der Waals surface area contributed by atoms with Crippen molar-refractivity contribution in [2.24, 2.45) is 0 Å². The quantitative estimate of drug-likeness (QED) is 0.0365. The number of allylic oxidation sites excluding steroid dienone is 4. The van der Waals surface area contributed by atoms with Gasteiger partial charge in [0.2, 0.25) is 5.91 Å². The van der Waals surface area contributed by atoms with Crippen molar-refractivity contribution in [3.05, 3.63) is 24.3 Å². The van der Waals surface area contributed by atoms with Crippen molar-refractivity contribution < 1.29 is 20.1 Å². The van der Waals surface area contributed by atoms with Crippen LogP contribution in [0.25, 0.3) is 0 Å². The third-order valence-corrected chi connectivity index (χ3v) is 11.8. The van der Waals surface area contributed by atoms with Gasteiger partial charge in [-0.3, -0.25) is 4.79 Å². The van der Waals surface area contributed by atoms with Crippen molar-refractivity contribution in [3.63, 3.8) is 0 Å². The number of hydrogen-bond acceptors (Lipinski definition) is 4. The minimum Gasteiger partial charge on any atom is -0.394 e. The van der Waals surface area contributed by atoms with E-state index < -0.39 is 18.2 Å². The summed E-state index contributed by atoms with van der Waals surface area (Å²) in [7, 11) is 0. The standard InChI is InChI=1S/C51H99NO4/c1-3-5-7-9-11-13-15-17-19-21-22-23-24-25-26-27-28-29-30-32-34-36-38-40-42-44-46-50(55)52-48(47-53)51(56)49(54)45-43-41-39-37-35-33-31-20-18-16-14-12-10-8-6-4-2/h25-26,37,39,48-49,51,53-54,56H,3-24,27-36,38,40-47H2,1-2H3,(H,52,55)/b26-25-,39-37+. The second-order valence-electron chi connectivity index (χ2n) is 17.4. The smallest absolute Gasteiger partial charge is 0.220 e. The molecule has 332 valence electrons. The van der Waals surface area contributed by atoms with E-state index in [4.69, 9.17) is 0 Å². The van der Waals surface area contributed by atoms with Gasteiger partial charge in [0.1, 0.15) is 6.10 Å². The monoisotopic (exact) mass is 790 g/mol. The van der Waals surface area contributed by atoms with Crippen molar-refractivity contribution in [2.75, 3.05) is 6.61 Å². The second-order valence-corrected chi connectivity index (χ2v) is 17.4. The highest BCUT2D eigenvalue weighted by atomic mass is 16.3. The molecular formula is C51H99NO4. The SMILES string of the molecule is CCCCCCCCCCCCC/C=C/CCCC(O)C(O)C(CO)NC(=O)CCCCCCCCCCCC/C=C\CCCCCCCCCCCCCC. The molecule has 0 aromatic carbocycles. The van der Waals surface area contributed by atoms with E-state index in [-0.39, 0.29) is 12.5 Å². The summed E-state index contributed by atoms with van der Waals surface area (Å²) in [5, 5.41) is 33.6. The molecule has 56 heavy (non-hydrogen) atoms. The Morgan fingerprint density at radius 2 is 0.714 bits per heavy atom. The Balaban J connectivity index is 3.58. The van der Waals surface area contributed by atoms with Gasteiger partial charge >= 0.3 is 0 Å². The summed E-state index contributed by atoms with van der Waals surface area (Å²) in [5.74, 6) is -0.153. The first-order valence-electron chi connectivity index (χ1n) is 25.1. The van der Waals surface area contributed by atoms with Crippen LogP contribution in [0.3, 0.4) is 0 Å². The first-order chi connectivity index (χ1) is 27.6. The molecular weight excluding hydrogens is 691 g/mol. The maximum atomic E-state index is 12.5. The van der Waals surface area contributed by atoms with Crippen LogP contribution in [0.4, 0.5) is 0 Å². The zero-order valence-electron chi connectivity index (χ0n) is 37.8. The number of amides is 1. The van der Waals surface area contributed by atoms with E-state index >= 15 is 0 Å². The van der Waals surface area contributed by atoms with E-state index in [1.54, 1.807) is 0 Å². The molecule has 0 heterocycles. The predicted octanol–water partition coefficient (Wildman–Crippen LogP) is 14.9. The van der Waals surface area contributed by atoms with Crippen LogP contribution < -0.4 is 5.32 Å². The maximum Gasteiger partial charge on any atom is 0.220 e. The van der Waals surface area contributed by atoms with Gasteiger partial charge in [-0.1, -0.05) is 224 Å². The Morgan fingerprint density at radius 3 is 1.04 bits per heavy atom. The number of aliphatic hydroxyl groups is 3. The number of aliphatic hydroxyl groups excluding tert-OH is 3. The Hall–Kier alpha value is -1.17. The number of carbonyl (C=O) groups is 1. The van der Waals surface area contributed by atoms with E-state index in [0.29, 0.717) is 12.8 Å². The summed E-state index contributed by atoms with van der Waals surface area (Å²) in [4.78, 5) is 12.5. The average molecular weight is 790 g/mol. The van der Waals surface area contributed by atoms with Gasteiger partial charge in [0.25, 0.3) is 0 Å². The number of carbonyl (C=O) groups excluding carboxylic acids is 1. The van der Waals surface area contributed by atoms with Crippen LogP contribution in [-0.2, 0) is 4.79 Å². The summed E-state index contributed by atoms with van der Waals surface area (Å²) >= 11 is 0. The summed E-state index contributed by atoms with van der Waals surface area (Å²) in [6, 6.07) is -0.825. The van der Waals surface area contributed by atoms with E-state index in [0.717, 1.165) is 38.5 Å². The van der Waals surface area contributed by atoms with Crippen molar-refractivity contribution in [1.29, 1.82) is 0 Å². The van der Waals surface area contributed by atoms with Gasteiger partial charge in [-0.2, -0.15) is 0 Å². The number of nitrogens with one attached hydrogen (secondary N) is 1. The van der Waals surface area contributed by atoms with Crippen LogP contribution in [0.5, 0.6) is 0 Å². The molecule has 1 amide bonds. The first kappa shape index (κ1) is 54.8. The number of unbranched alkanes of at least 4 members (excludes halogenated alkanes) is 34. The summed E-state index contributed by atoms with van der Waals surface area (Å²) in [6.07, 6.45) is 57.4. The lowest BCUT2D eigenvalue weighted by Gasteiger charge is -2.26. The van der Waals surface area contributed by atoms with E-state index in [1.165, 1.54) is 205 Å². The molecule has 3 unspecified atom stereocenters. The summed E-state index contributed by atoms with van der Waals surface area (Å²) in [6.45, 7) is 4.19. The van der Waals surface area contributed by atoms with Gasteiger partial charge in [0.05, 0.1) is 18.8 Å². The van der Waals surface area contributed by atoms with Crippen molar-refractivity contribution >= 4 is 5.91 Å². The Labute approximate surface area is 350 Å². The minimum absolute atomic E-state index is 0.153. The molecule has 3 atom stereocenters. The second kappa shape index (κ2) is 46.5. The predicted molar refractivity (Wildman–Crippen MR) is 245 cm³/mol. The molecule has 0 aromatic rings. The zero-order valence-corrected chi connectivity index (χ0v) is 37.8. The molecule has 0 radical (unpaired) electrons. The topological polar surface area (TPSA) is 89.8 Å². The molecule has 0 saturated carbocycles. The van der Waals surface area contributed by atoms with Gasteiger partial charge < -0.3 is 20.6 Å². The molecule has 0 aliphatic heterocycles. The minimum atomic E-state index is -1.16. The highest BCUT2D eigenvalue weighted by Gasteiger charge is 2.26. The molecule has 0 saturated heterocycles. The number of rotatable bonds is 46. The molecule has 0 fully saturated rings. The molecule has 0 spiro atoms. The van der Waals surface area contributed by atoms with Crippen molar-refractivity contribution in [2.45, 2.75) is 289 Å². The fourth-order valence-electron chi connectivity index (χ4n) is 7.86. The van der Waals surface area contributed by atoms with Gasteiger partial charge in [0, 0.05) is 6.42 Å². The lowest BCUT2D eigenvalue weighted by molar-refractivity contribution is -0.124. The molecule has 4 N–H and O–H groups in total. The largest absolute Gasteiger partial charge is 0.394 e. The van der Waals surface area contributed by atoms with Crippen LogP contribution in [0.15, 0.2) is 24.3 Å². The highest BCUT2D eigenvalue weighted by molar-refractivity contribution is 5.76.